The van der Waals surface area contributed by atoms with Crippen LogP contribution in [0.25, 0.3) is 10.8 Å². The molecule has 0 radical (unpaired) electrons. The SMILES string of the molecule is Cc1nc(CCC2(N)CC2)cc2ccccc12. The number of hydrogen-bond donors (Lipinski definition) is 1. The van der Waals surface area contributed by atoms with Gasteiger partial charge in [0.05, 0.1) is 0 Å². The van der Waals surface area contributed by atoms with Crippen molar-refractivity contribution in [3.63, 3.8) is 0 Å². The highest BCUT2D eigenvalue weighted by molar-refractivity contribution is 5.84. The molecule has 17 heavy (non-hydrogen) atoms. The second kappa shape index (κ2) is 3.81. The Morgan fingerprint density at radius 2 is 2.06 bits per heavy atom. The molecule has 1 aliphatic rings. The van der Waals surface area contributed by atoms with E-state index in [-0.39, 0.29) is 5.54 Å². The molecule has 2 N–H and O–H groups in total. The van der Waals surface area contributed by atoms with Gasteiger partial charge in [-0.2, -0.15) is 0 Å². The van der Waals surface area contributed by atoms with Gasteiger partial charge in [-0.1, -0.05) is 24.3 Å². The van der Waals surface area contributed by atoms with Crippen LogP contribution in [0.3, 0.4) is 0 Å². The van der Waals surface area contributed by atoms with Crippen molar-refractivity contribution in [2.45, 2.75) is 38.1 Å². The average molecular weight is 226 g/mol. The van der Waals surface area contributed by atoms with E-state index in [1.807, 2.05) is 0 Å². The molecule has 2 nitrogen and oxygen atoms in total. The van der Waals surface area contributed by atoms with E-state index in [4.69, 9.17) is 5.73 Å². The first-order valence-electron chi connectivity index (χ1n) is 6.30. The Balaban J connectivity index is 1.89. The highest BCUT2D eigenvalue weighted by atomic mass is 14.8. The topological polar surface area (TPSA) is 38.9 Å². The summed E-state index contributed by atoms with van der Waals surface area (Å²) >= 11 is 0. The molecule has 0 saturated heterocycles. The molecule has 1 aromatic carbocycles. The average Bonchev–Trinajstić information content (AvgIpc) is 3.06. The number of aryl methyl sites for hydroxylation is 2. The Labute approximate surface area is 102 Å². The van der Waals surface area contributed by atoms with Gasteiger partial charge in [-0.05, 0) is 44.1 Å². The number of rotatable bonds is 3. The lowest BCUT2D eigenvalue weighted by Gasteiger charge is -2.09. The van der Waals surface area contributed by atoms with Crippen molar-refractivity contribution in [3.8, 4) is 0 Å². The summed E-state index contributed by atoms with van der Waals surface area (Å²) in [6.45, 7) is 2.08. The molecule has 1 saturated carbocycles. The first kappa shape index (κ1) is 10.7. The number of aromatic nitrogens is 1. The van der Waals surface area contributed by atoms with Gasteiger partial charge in [0.2, 0.25) is 0 Å². The molecule has 1 heterocycles. The van der Waals surface area contributed by atoms with Gasteiger partial charge in [-0.15, -0.1) is 0 Å². The molecule has 0 bridgehead atoms. The fraction of sp³-hybridized carbons (Fsp3) is 0.400. The van der Waals surface area contributed by atoms with Gasteiger partial charge in [-0.25, -0.2) is 0 Å². The van der Waals surface area contributed by atoms with Crippen LogP contribution in [0.5, 0.6) is 0 Å². The Morgan fingerprint density at radius 3 is 2.82 bits per heavy atom. The third kappa shape index (κ3) is 2.18. The van der Waals surface area contributed by atoms with Crippen LogP contribution >= 0.6 is 0 Å². The van der Waals surface area contributed by atoms with Crippen LogP contribution in [0.4, 0.5) is 0 Å². The van der Waals surface area contributed by atoms with E-state index in [0.29, 0.717) is 0 Å². The van der Waals surface area contributed by atoms with Crippen LogP contribution < -0.4 is 5.73 Å². The van der Waals surface area contributed by atoms with Gasteiger partial charge in [0.1, 0.15) is 0 Å². The van der Waals surface area contributed by atoms with E-state index in [0.717, 1.165) is 18.5 Å². The number of benzene rings is 1. The first-order chi connectivity index (χ1) is 8.16. The maximum atomic E-state index is 6.12. The van der Waals surface area contributed by atoms with Gasteiger partial charge in [-0.3, -0.25) is 4.98 Å². The molecule has 1 aliphatic carbocycles. The van der Waals surface area contributed by atoms with E-state index in [2.05, 4.69) is 42.2 Å². The minimum absolute atomic E-state index is 0.126. The minimum atomic E-state index is 0.126. The molecule has 1 fully saturated rings. The van der Waals surface area contributed by atoms with Crippen molar-refractivity contribution >= 4 is 10.8 Å². The van der Waals surface area contributed by atoms with Crippen molar-refractivity contribution in [2.24, 2.45) is 5.73 Å². The number of nitrogens with two attached hydrogens (primary N) is 1. The molecule has 0 spiro atoms. The summed E-state index contributed by atoms with van der Waals surface area (Å²) in [4.78, 5) is 4.68. The summed E-state index contributed by atoms with van der Waals surface area (Å²) in [5.41, 5.74) is 8.55. The Bertz CT molecular complexity index is 556. The zero-order valence-corrected chi connectivity index (χ0v) is 10.2. The van der Waals surface area contributed by atoms with Crippen LogP contribution in [-0.2, 0) is 6.42 Å². The number of hydrogen-bond acceptors (Lipinski definition) is 2. The van der Waals surface area contributed by atoms with Crippen molar-refractivity contribution in [1.82, 2.24) is 4.98 Å². The monoisotopic (exact) mass is 226 g/mol. The number of fused-ring (bicyclic) bond motifs is 1. The summed E-state index contributed by atoms with van der Waals surface area (Å²) in [6.07, 6.45) is 4.43. The van der Waals surface area contributed by atoms with Crippen LogP contribution in [0.15, 0.2) is 30.3 Å². The quantitative estimate of drug-likeness (QED) is 0.874. The summed E-state index contributed by atoms with van der Waals surface area (Å²) in [5.74, 6) is 0. The molecular formula is C15H18N2. The second-order valence-electron chi connectivity index (χ2n) is 5.28. The minimum Gasteiger partial charge on any atom is -0.325 e. The smallest absolute Gasteiger partial charge is 0.0454 e. The molecule has 0 unspecified atom stereocenters. The maximum absolute atomic E-state index is 6.12. The highest BCUT2D eigenvalue weighted by Crippen LogP contribution is 2.36. The van der Waals surface area contributed by atoms with Crippen LogP contribution in [-0.4, -0.2) is 10.5 Å². The largest absolute Gasteiger partial charge is 0.325 e. The lowest BCUT2D eigenvalue weighted by atomic mass is 10.0. The molecule has 1 aromatic heterocycles. The lowest BCUT2D eigenvalue weighted by Crippen LogP contribution is -2.22. The van der Waals surface area contributed by atoms with Gasteiger partial charge >= 0.3 is 0 Å². The summed E-state index contributed by atoms with van der Waals surface area (Å²) < 4.78 is 0. The number of pyridine rings is 1. The molecular weight excluding hydrogens is 208 g/mol. The molecule has 2 heteroatoms. The van der Waals surface area contributed by atoms with Crippen LogP contribution in [0.2, 0.25) is 0 Å². The highest BCUT2D eigenvalue weighted by Gasteiger charge is 2.37. The Morgan fingerprint density at radius 1 is 1.29 bits per heavy atom. The predicted octanol–water partition coefficient (Wildman–Crippen LogP) is 2.97. The molecule has 0 aliphatic heterocycles. The van der Waals surface area contributed by atoms with Gasteiger partial charge < -0.3 is 5.73 Å². The second-order valence-corrected chi connectivity index (χ2v) is 5.28. The van der Waals surface area contributed by atoms with E-state index in [1.54, 1.807) is 0 Å². The van der Waals surface area contributed by atoms with E-state index in [1.165, 1.54) is 29.3 Å². The third-order valence-electron chi connectivity index (χ3n) is 3.76. The number of nitrogens with zero attached hydrogens (tertiary/aromatic N) is 1. The zero-order chi connectivity index (χ0) is 11.9. The third-order valence-corrected chi connectivity index (χ3v) is 3.76. The molecule has 2 aromatic rings. The van der Waals surface area contributed by atoms with Crippen LogP contribution in [0.1, 0.15) is 30.7 Å². The summed E-state index contributed by atoms with van der Waals surface area (Å²) in [6, 6.07) is 10.6. The fourth-order valence-electron chi connectivity index (χ4n) is 2.36. The molecule has 0 atom stereocenters. The Kier molecular flexibility index (Phi) is 2.40. The van der Waals surface area contributed by atoms with E-state index >= 15 is 0 Å². The van der Waals surface area contributed by atoms with Gasteiger partial charge in [0.25, 0.3) is 0 Å². The molecule has 0 amide bonds. The first-order valence-corrected chi connectivity index (χ1v) is 6.30. The predicted molar refractivity (Wildman–Crippen MR) is 71.0 cm³/mol. The van der Waals surface area contributed by atoms with Crippen molar-refractivity contribution < 1.29 is 0 Å². The molecule has 88 valence electrons. The normalized spacial score (nSPS) is 17.3. The lowest BCUT2D eigenvalue weighted by molar-refractivity contribution is 0.603. The zero-order valence-electron chi connectivity index (χ0n) is 10.2. The van der Waals surface area contributed by atoms with Gasteiger partial charge in [0.15, 0.2) is 0 Å². The van der Waals surface area contributed by atoms with Crippen molar-refractivity contribution in [2.75, 3.05) is 0 Å². The standard InChI is InChI=1S/C15H18N2/c1-11-14-5-3-2-4-12(14)10-13(17-11)6-7-15(16)8-9-15/h2-5,10H,6-9,16H2,1H3. The van der Waals surface area contributed by atoms with Crippen LogP contribution in [0, 0.1) is 6.92 Å². The van der Waals surface area contributed by atoms with E-state index < -0.39 is 0 Å². The molecule has 3 rings (SSSR count). The van der Waals surface area contributed by atoms with Crippen molar-refractivity contribution in [1.29, 1.82) is 0 Å². The Hall–Kier alpha value is -1.41. The van der Waals surface area contributed by atoms with Gasteiger partial charge in [0, 0.05) is 22.3 Å². The summed E-state index contributed by atoms with van der Waals surface area (Å²) in [5, 5.41) is 2.54. The van der Waals surface area contributed by atoms with Crippen molar-refractivity contribution in [3.05, 3.63) is 41.7 Å². The summed E-state index contributed by atoms with van der Waals surface area (Å²) in [7, 11) is 0. The van der Waals surface area contributed by atoms with E-state index in [9.17, 15) is 0 Å². The fourth-order valence-corrected chi connectivity index (χ4v) is 2.36. The maximum Gasteiger partial charge on any atom is 0.0454 e.